The number of Topliss-reactive ketones (excluding diaryl/α,β-unsaturated/α-hetero) is 1. The van der Waals surface area contributed by atoms with Crippen LogP contribution in [0.1, 0.15) is 29.3 Å². The number of methoxy groups -OCH3 is 5. The van der Waals surface area contributed by atoms with Gasteiger partial charge in [0.25, 0.3) is 0 Å². The van der Waals surface area contributed by atoms with E-state index < -0.39 is 0 Å². The van der Waals surface area contributed by atoms with Crippen LogP contribution in [0, 0.1) is 0 Å². The number of rotatable bonds is 14. The zero-order valence-corrected chi connectivity index (χ0v) is 23.3. The summed E-state index contributed by atoms with van der Waals surface area (Å²) in [6.45, 7) is 1.41. The number of nitrogens with one attached hydrogen (secondary N) is 2. The summed E-state index contributed by atoms with van der Waals surface area (Å²) in [6.07, 6.45) is 1.25. The predicted molar refractivity (Wildman–Crippen MR) is 151 cm³/mol. The SMILES string of the molecule is COc1cc(NC(=O)CCc2ccc(N(C=O)Nc3cc(OC)c(OC)c(OC)c3)cc2)c(C(C)=O)cc1OC. The molecule has 11 heteroatoms. The number of hydrazine groups is 1. The summed E-state index contributed by atoms with van der Waals surface area (Å²) in [5.74, 6) is 1.63. The van der Waals surface area contributed by atoms with E-state index in [4.69, 9.17) is 23.7 Å². The van der Waals surface area contributed by atoms with Crippen molar-refractivity contribution in [3.63, 3.8) is 0 Å². The summed E-state index contributed by atoms with van der Waals surface area (Å²) in [7, 11) is 7.48. The van der Waals surface area contributed by atoms with Crippen LogP contribution < -0.4 is 39.4 Å². The third-order valence-electron chi connectivity index (χ3n) is 6.05. The molecule has 2 N–H and O–H groups in total. The van der Waals surface area contributed by atoms with Gasteiger partial charge in [0.2, 0.25) is 18.1 Å². The van der Waals surface area contributed by atoms with Crippen molar-refractivity contribution in [3.8, 4) is 28.7 Å². The summed E-state index contributed by atoms with van der Waals surface area (Å²) in [4.78, 5) is 36.7. The van der Waals surface area contributed by atoms with E-state index in [0.717, 1.165) is 5.56 Å². The van der Waals surface area contributed by atoms with Gasteiger partial charge in [0.15, 0.2) is 28.8 Å². The van der Waals surface area contributed by atoms with E-state index in [1.54, 1.807) is 36.4 Å². The highest BCUT2D eigenvalue weighted by atomic mass is 16.5. The van der Waals surface area contributed by atoms with Crippen LogP contribution in [0.4, 0.5) is 17.1 Å². The summed E-state index contributed by atoms with van der Waals surface area (Å²) < 4.78 is 26.6. The second kappa shape index (κ2) is 13.7. The number of ketones is 1. The Hall–Kier alpha value is -4.93. The minimum Gasteiger partial charge on any atom is -0.493 e. The Labute approximate surface area is 232 Å². The maximum atomic E-state index is 12.7. The molecule has 0 unspecified atom stereocenters. The molecule has 212 valence electrons. The molecule has 3 rings (SSSR count). The molecule has 0 saturated carbocycles. The summed E-state index contributed by atoms with van der Waals surface area (Å²) in [5, 5.41) is 4.09. The summed E-state index contributed by atoms with van der Waals surface area (Å²) in [5.41, 5.74) is 5.70. The van der Waals surface area contributed by atoms with Gasteiger partial charge in [-0.15, -0.1) is 0 Å². The highest BCUT2D eigenvalue weighted by Crippen LogP contribution is 2.40. The minimum atomic E-state index is -0.266. The predicted octanol–water partition coefficient (Wildman–Crippen LogP) is 4.49. The van der Waals surface area contributed by atoms with E-state index in [2.05, 4.69) is 10.7 Å². The molecule has 0 heterocycles. The Morgan fingerprint density at radius 3 is 1.88 bits per heavy atom. The minimum absolute atomic E-state index is 0.173. The maximum Gasteiger partial charge on any atom is 0.232 e. The quantitative estimate of drug-likeness (QED) is 0.169. The van der Waals surface area contributed by atoms with Gasteiger partial charge in [0.05, 0.1) is 52.6 Å². The van der Waals surface area contributed by atoms with Crippen LogP contribution in [0.2, 0.25) is 0 Å². The van der Waals surface area contributed by atoms with Crippen LogP contribution >= 0.6 is 0 Å². The first-order valence-electron chi connectivity index (χ1n) is 12.2. The fourth-order valence-electron chi connectivity index (χ4n) is 4.00. The lowest BCUT2D eigenvalue weighted by Crippen LogP contribution is -2.28. The van der Waals surface area contributed by atoms with Crippen molar-refractivity contribution in [3.05, 3.63) is 59.7 Å². The number of amides is 2. The average molecular weight is 552 g/mol. The third-order valence-corrected chi connectivity index (χ3v) is 6.05. The molecule has 0 aliphatic heterocycles. The Morgan fingerprint density at radius 1 is 0.800 bits per heavy atom. The largest absolute Gasteiger partial charge is 0.493 e. The number of benzene rings is 3. The third kappa shape index (κ3) is 6.93. The molecule has 0 atom stereocenters. The van der Waals surface area contributed by atoms with Gasteiger partial charge in [0, 0.05) is 30.2 Å². The van der Waals surface area contributed by atoms with Crippen molar-refractivity contribution in [1.82, 2.24) is 0 Å². The number of hydrogen-bond donors (Lipinski definition) is 2. The van der Waals surface area contributed by atoms with Crippen molar-refractivity contribution < 1.29 is 38.1 Å². The Kier molecular flexibility index (Phi) is 10.2. The molecule has 3 aromatic rings. The highest BCUT2D eigenvalue weighted by molar-refractivity contribution is 6.04. The topological polar surface area (TPSA) is 125 Å². The van der Waals surface area contributed by atoms with Gasteiger partial charge in [0.1, 0.15) is 0 Å². The van der Waals surface area contributed by atoms with Crippen molar-refractivity contribution in [2.24, 2.45) is 0 Å². The molecule has 2 amide bonds. The fourth-order valence-corrected chi connectivity index (χ4v) is 4.00. The fraction of sp³-hybridized carbons (Fsp3) is 0.276. The zero-order valence-electron chi connectivity index (χ0n) is 23.3. The second-order valence-electron chi connectivity index (χ2n) is 8.52. The van der Waals surface area contributed by atoms with Crippen LogP contribution in [0.3, 0.4) is 0 Å². The number of aryl methyl sites for hydroxylation is 1. The standard InChI is InChI=1S/C29H33N3O8/c1-18(34)22-15-24(36-2)25(37-3)16-23(22)30-28(35)12-9-19-7-10-21(11-8-19)32(17-33)31-20-13-26(38-4)29(40-6)27(14-20)39-5/h7-8,10-11,13-17,31H,9,12H2,1-6H3,(H,30,35). The van der Waals surface area contributed by atoms with Gasteiger partial charge in [-0.2, -0.15) is 0 Å². The lowest BCUT2D eigenvalue weighted by molar-refractivity contribution is -0.116. The number of ether oxygens (including phenoxy) is 5. The molecule has 0 aromatic heterocycles. The van der Waals surface area contributed by atoms with Crippen LogP contribution in [0.5, 0.6) is 28.7 Å². The zero-order chi connectivity index (χ0) is 29.2. The van der Waals surface area contributed by atoms with Crippen molar-refractivity contribution in [2.75, 3.05) is 51.3 Å². The first kappa shape index (κ1) is 29.6. The van der Waals surface area contributed by atoms with E-state index in [9.17, 15) is 14.4 Å². The molecule has 0 saturated heterocycles. The van der Waals surface area contributed by atoms with E-state index in [0.29, 0.717) is 64.2 Å². The van der Waals surface area contributed by atoms with E-state index in [1.165, 1.54) is 47.5 Å². The van der Waals surface area contributed by atoms with Crippen molar-refractivity contribution >= 4 is 35.2 Å². The first-order valence-corrected chi connectivity index (χ1v) is 12.2. The molecule has 0 fully saturated rings. The van der Waals surface area contributed by atoms with Crippen molar-refractivity contribution in [1.29, 1.82) is 0 Å². The molecule has 11 nitrogen and oxygen atoms in total. The van der Waals surface area contributed by atoms with Gasteiger partial charge in [-0.1, -0.05) is 12.1 Å². The normalized spacial score (nSPS) is 10.2. The van der Waals surface area contributed by atoms with Crippen LogP contribution in [-0.4, -0.2) is 53.6 Å². The number of carbonyl (C=O) groups is 3. The molecular weight excluding hydrogens is 518 g/mol. The maximum absolute atomic E-state index is 12.7. The van der Waals surface area contributed by atoms with Crippen LogP contribution in [-0.2, 0) is 16.0 Å². The Morgan fingerprint density at radius 2 is 1.38 bits per heavy atom. The van der Waals surface area contributed by atoms with Gasteiger partial charge >= 0.3 is 0 Å². The average Bonchev–Trinajstić information content (AvgIpc) is 2.98. The number of hydrogen-bond acceptors (Lipinski definition) is 9. The lowest BCUT2D eigenvalue weighted by atomic mass is 10.1. The van der Waals surface area contributed by atoms with Gasteiger partial charge < -0.3 is 29.0 Å². The van der Waals surface area contributed by atoms with E-state index in [1.807, 2.05) is 12.1 Å². The molecule has 40 heavy (non-hydrogen) atoms. The number of anilines is 3. The number of carbonyl (C=O) groups excluding carboxylic acids is 3. The second-order valence-corrected chi connectivity index (χ2v) is 8.52. The molecule has 0 bridgehead atoms. The molecular formula is C29H33N3O8. The smallest absolute Gasteiger partial charge is 0.232 e. The molecule has 3 aromatic carbocycles. The van der Waals surface area contributed by atoms with Gasteiger partial charge in [-0.3, -0.25) is 19.8 Å². The summed E-state index contributed by atoms with van der Waals surface area (Å²) >= 11 is 0. The molecule has 0 aliphatic rings. The van der Waals surface area contributed by atoms with Gasteiger partial charge in [-0.05, 0) is 37.1 Å². The van der Waals surface area contributed by atoms with E-state index in [-0.39, 0.29) is 18.1 Å². The molecule has 0 aliphatic carbocycles. The van der Waals surface area contributed by atoms with Crippen molar-refractivity contribution in [2.45, 2.75) is 19.8 Å². The van der Waals surface area contributed by atoms with E-state index >= 15 is 0 Å². The lowest BCUT2D eigenvalue weighted by Gasteiger charge is -2.22. The van der Waals surface area contributed by atoms with Gasteiger partial charge in [-0.25, -0.2) is 5.01 Å². The first-order chi connectivity index (χ1) is 19.3. The van der Waals surface area contributed by atoms with Crippen LogP contribution in [0.25, 0.3) is 0 Å². The molecule has 0 radical (unpaired) electrons. The Bertz CT molecular complexity index is 1330. The summed E-state index contributed by atoms with van der Waals surface area (Å²) in [6, 6.07) is 13.6. The van der Waals surface area contributed by atoms with Crippen LogP contribution in [0.15, 0.2) is 48.5 Å². The molecule has 0 spiro atoms. The monoisotopic (exact) mass is 551 g/mol. The highest BCUT2D eigenvalue weighted by Gasteiger charge is 2.17. The number of nitrogens with zero attached hydrogens (tertiary/aromatic N) is 1. The Balaban J connectivity index is 1.68.